The van der Waals surface area contributed by atoms with Crippen LogP contribution in [0.5, 0.6) is 0 Å². The average molecular weight is 554 g/mol. The Morgan fingerprint density at radius 1 is 0.949 bits per heavy atom. The lowest BCUT2D eigenvalue weighted by molar-refractivity contribution is -0.142. The quantitative estimate of drug-likeness (QED) is 0.263. The van der Waals surface area contributed by atoms with Crippen LogP contribution in [0.2, 0.25) is 18.1 Å². The maximum Gasteiger partial charge on any atom is 0.407 e. The summed E-state index contributed by atoms with van der Waals surface area (Å²) in [7, 11) is -2.33. The van der Waals surface area contributed by atoms with Crippen molar-refractivity contribution < 1.29 is 23.9 Å². The maximum absolute atomic E-state index is 13.0. The van der Waals surface area contributed by atoms with E-state index < -0.39 is 44.0 Å². The normalized spacial score (nSPS) is 15.0. The molecule has 0 radical (unpaired) electrons. The smallest absolute Gasteiger partial charge is 0.407 e. The van der Waals surface area contributed by atoms with Crippen LogP contribution in [0.25, 0.3) is 6.08 Å². The zero-order valence-electron chi connectivity index (χ0n) is 24.9. The van der Waals surface area contributed by atoms with Crippen LogP contribution in [0.4, 0.5) is 4.79 Å². The van der Waals surface area contributed by atoms with Gasteiger partial charge in [0.15, 0.2) is 8.32 Å². The molecule has 0 aliphatic heterocycles. The summed E-state index contributed by atoms with van der Waals surface area (Å²) in [6, 6.07) is 19.2. The third-order valence-electron chi connectivity index (χ3n) is 7.10. The van der Waals surface area contributed by atoms with Crippen molar-refractivity contribution in [1.82, 2.24) is 5.32 Å². The summed E-state index contributed by atoms with van der Waals surface area (Å²) in [6.45, 7) is 16.2. The highest BCUT2D eigenvalue weighted by molar-refractivity contribution is 6.74. The van der Waals surface area contributed by atoms with Crippen molar-refractivity contribution in [3.05, 3.63) is 77.9 Å². The molecule has 0 aliphatic rings. The zero-order valence-corrected chi connectivity index (χ0v) is 25.9. The SMILES string of the molecule is CC(C)(C)OC(=O)N[C@@H](Cc1ccccc1)[C@H](C[C@@H](CC=Cc1ccccc1)C(=O)O)O[Si](C)(C)C(C)(C)C. The molecule has 214 valence electrons. The number of carboxylic acid groups (broad SMARTS) is 1. The number of benzene rings is 2. The highest BCUT2D eigenvalue weighted by Gasteiger charge is 2.42. The molecule has 0 saturated heterocycles. The predicted molar refractivity (Wildman–Crippen MR) is 161 cm³/mol. The van der Waals surface area contributed by atoms with Gasteiger partial charge in [-0.25, -0.2) is 4.79 Å². The first kappa shape index (κ1) is 32.3. The molecule has 1 amide bonds. The van der Waals surface area contributed by atoms with Crippen molar-refractivity contribution in [2.75, 3.05) is 0 Å². The molecule has 0 saturated carbocycles. The Labute approximate surface area is 235 Å². The first-order valence-electron chi connectivity index (χ1n) is 13.7. The predicted octanol–water partition coefficient (Wildman–Crippen LogP) is 7.71. The fourth-order valence-electron chi connectivity index (χ4n) is 3.96. The number of nitrogens with one attached hydrogen (secondary N) is 1. The van der Waals surface area contributed by atoms with Crippen LogP contribution >= 0.6 is 0 Å². The van der Waals surface area contributed by atoms with Crippen molar-refractivity contribution in [2.45, 2.75) is 96.7 Å². The fraction of sp³-hybridized carbons (Fsp3) is 0.500. The second-order valence-corrected chi connectivity index (χ2v) is 17.4. The minimum absolute atomic E-state index is 0.0968. The second-order valence-electron chi connectivity index (χ2n) is 12.7. The van der Waals surface area contributed by atoms with E-state index in [2.05, 4.69) is 39.2 Å². The van der Waals surface area contributed by atoms with Gasteiger partial charge in [0.25, 0.3) is 0 Å². The summed E-state index contributed by atoms with van der Waals surface area (Å²) in [6.07, 6.45) is 3.89. The number of allylic oxidation sites excluding steroid dienone is 1. The molecule has 7 heteroatoms. The number of rotatable bonds is 12. The molecule has 0 heterocycles. The van der Waals surface area contributed by atoms with Gasteiger partial charge in [0.05, 0.1) is 18.1 Å². The maximum atomic E-state index is 13.0. The molecule has 3 atom stereocenters. The summed E-state index contributed by atoms with van der Waals surface area (Å²) in [5.41, 5.74) is 1.38. The molecule has 0 aromatic heterocycles. The van der Waals surface area contributed by atoms with Crippen molar-refractivity contribution in [1.29, 1.82) is 0 Å². The minimum Gasteiger partial charge on any atom is -0.481 e. The molecule has 0 unspecified atom stereocenters. The van der Waals surface area contributed by atoms with Crippen LogP contribution in [0.1, 0.15) is 65.5 Å². The lowest BCUT2D eigenvalue weighted by Gasteiger charge is -2.42. The van der Waals surface area contributed by atoms with Crippen molar-refractivity contribution in [2.24, 2.45) is 5.92 Å². The average Bonchev–Trinajstić information content (AvgIpc) is 2.81. The van der Waals surface area contributed by atoms with E-state index in [4.69, 9.17) is 9.16 Å². The molecular weight excluding hydrogens is 506 g/mol. The number of carbonyl (C=O) groups is 2. The third-order valence-corrected chi connectivity index (χ3v) is 11.6. The number of carbonyl (C=O) groups excluding carboxylic acids is 1. The summed E-state index contributed by atoms with van der Waals surface area (Å²) >= 11 is 0. The van der Waals surface area contributed by atoms with Crippen LogP contribution in [0.15, 0.2) is 66.7 Å². The van der Waals surface area contributed by atoms with Crippen LogP contribution in [-0.4, -0.2) is 43.2 Å². The Balaban J connectivity index is 2.42. The highest BCUT2D eigenvalue weighted by atomic mass is 28.4. The molecule has 39 heavy (non-hydrogen) atoms. The lowest BCUT2D eigenvalue weighted by Crippen LogP contribution is -2.54. The number of carboxylic acids is 1. The second kappa shape index (κ2) is 13.9. The number of aliphatic carboxylic acids is 1. The number of amides is 1. The molecular formula is C32H47NO5Si. The Kier molecular flexibility index (Phi) is 11.6. The molecule has 2 aromatic rings. The largest absolute Gasteiger partial charge is 0.481 e. The van der Waals surface area contributed by atoms with E-state index in [0.29, 0.717) is 12.8 Å². The van der Waals surface area contributed by atoms with Gasteiger partial charge in [-0.2, -0.15) is 0 Å². The van der Waals surface area contributed by atoms with Crippen LogP contribution in [-0.2, 0) is 20.4 Å². The Bertz CT molecular complexity index is 1070. The van der Waals surface area contributed by atoms with Gasteiger partial charge in [-0.05, 0) is 69.3 Å². The van der Waals surface area contributed by atoms with E-state index in [1.165, 1.54) is 0 Å². The van der Waals surface area contributed by atoms with E-state index >= 15 is 0 Å². The van der Waals surface area contributed by atoms with Gasteiger partial charge in [0, 0.05) is 0 Å². The van der Waals surface area contributed by atoms with Crippen molar-refractivity contribution in [3.63, 3.8) is 0 Å². The van der Waals surface area contributed by atoms with Gasteiger partial charge in [-0.1, -0.05) is 93.6 Å². The van der Waals surface area contributed by atoms with Crippen LogP contribution < -0.4 is 5.32 Å². The van der Waals surface area contributed by atoms with Gasteiger partial charge in [0.1, 0.15) is 5.60 Å². The molecule has 0 aliphatic carbocycles. The van der Waals surface area contributed by atoms with E-state index in [9.17, 15) is 14.7 Å². The van der Waals surface area contributed by atoms with Gasteiger partial charge < -0.3 is 19.6 Å². The Morgan fingerprint density at radius 3 is 2.03 bits per heavy atom. The molecule has 0 spiro atoms. The fourth-order valence-corrected chi connectivity index (χ4v) is 5.33. The summed E-state index contributed by atoms with van der Waals surface area (Å²) in [4.78, 5) is 25.4. The molecule has 0 fully saturated rings. The summed E-state index contributed by atoms with van der Waals surface area (Å²) < 4.78 is 12.5. The molecule has 2 aromatic carbocycles. The van der Waals surface area contributed by atoms with E-state index in [1.807, 2.05) is 93.6 Å². The third kappa shape index (κ3) is 11.4. The number of ether oxygens (including phenoxy) is 1. The van der Waals surface area contributed by atoms with E-state index in [-0.39, 0.29) is 11.5 Å². The number of hydrogen-bond acceptors (Lipinski definition) is 4. The number of alkyl carbamates (subject to hydrolysis) is 1. The van der Waals surface area contributed by atoms with Crippen LogP contribution in [0, 0.1) is 5.92 Å². The van der Waals surface area contributed by atoms with Gasteiger partial charge in [-0.3, -0.25) is 4.79 Å². The van der Waals surface area contributed by atoms with Gasteiger partial charge in [0.2, 0.25) is 0 Å². The Morgan fingerprint density at radius 2 is 1.51 bits per heavy atom. The standard InChI is InChI=1S/C32H47NO5Si/c1-31(2,3)37-30(36)33-27(22-25-18-13-10-14-19-25)28(38-39(7,8)32(4,5)6)23-26(29(34)35)21-15-20-24-16-11-9-12-17-24/h9-20,26-28H,21-23H2,1-8H3,(H,33,36)(H,34,35)/t26-,27+,28+/m1/s1. The first-order valence-corrected chi connectivity index (χ1v) is 16.6. The topological polar surface area (TPSA) is 84.9 Å². The lowest BCUT2D eigenvalue weighted by atomic mass is 9.91. The minimum atomic E-state index is -2.33. The van der Waals surface area contributed by atoms with E-state index in [0.717, 1.165) is 11.1 Å². The van der Waals surface area contributed by atoms with E-state index in [1.54, 1.807) is 0 Å². The van der Waals surface area contributed by atoms with Crippen LogP contribution in [0.3, 0.4) is 0 Å². The molecule has 2 rings (SSSR count). The molecule has 0 bridgehead atoms. The van der Waals surface area contributed by atoms with Gasteiger partial charge in [-0.15, -0.1) is 0 Å². The van der Waals surface area contributed by atoms with Gasteiger partial charge >= 0.3 is 12.1 Å². The highest BCUT2D eigenvalue weighted by Crippen LogP contribution is 2.39. The van der Waals surface area contributed by atoms with Crippen molar-refractivity contribution in [3.8, 4) is 0 Å². The number of hydrogen-bond donors (Lipinski definition) is 2. The summed E-state index contributed by atoms with van der Waals surface area (Å²) in [5, 5.41) is 13.1. The molecule has 2 N–H and O–H groups in total. The molecule has 6 nitrogen and oxygen atoms in total. The first-order chi connectivity index (χ1) is 18.1. The van der Waals surface area contributed by atoms with Crippen molar-refractivity contribution >= 4 is 26.5 Å². The Hall–Kier alpha value is -2.90. The summed E-state index contributed by atoms with van der Waals surface area (Å²) in [5.74, 6) is -1.56. The zero-order chi connectivity index (χ0) is 29.3. The monoisotopic (exact) mass is 553 g/mol.